The van der Waals surface area contributed by atoms with Crippen molar-refractivity contribution in [3.63, 3.8) is 0 Å². The fraction of sp³-hybridized carbons (Fsp3) is 0.533. The first-order chi connectivity index (χ1) is 9.54. The first kappa shape index (κ1) is 15.6. The summed E-state index contributed by atoms with van der Waals surface area (Å²) >= 11 is 9.42. The zero-order chi connectivity index (χ0) is 14.6. The Morgan fingerprint density at radius 1 is 1.50 bits per heavy atom. The van der Waals surface area contributed by atoms with Crippen molar-refractivity contribution in [2.45, 2.75) is 44.2 Å². The molecule has 1 saturated carbocycles. The molecule has 0 radical (unpaired) electrons. The zero-order valence-corrected chi connectivity index (χ0v) is 13.8. The van der Waals surface area contributed by atoms with Crippen LogP contribution in [0.2, 0.25) is 5.02 Å². The van der Waals surface area contributed by atoms with Crippen molar-refractivity contribution in [1.29, 1.82) is 0 Å². The molecule has 1 atom stereocenters. The van der Waals surface area contributed by atoms with Gasteiger partial charge in [0.15, 0.2) is 6.10 Å². The van der Waals surface area contributed by atoms with Crippen molar-refractivity contribution in [3.05, 3.63) is 29.3 Å². The first-order valence-electron chi connectivity index (χ1n) is 6.85. The number of hydrogen-bond acceptors (Lipinski definition) is 2. The van der Waals surface area contributed by atoms with E-state index in [1.54, 1.807) is 31.2 Å². The van der Waals surface area contributed by atoms with Gasteiger partial charge >= 0.3 is 0 Å². The van der Waals surface area contributed by atoms with Crippen molar-refractivity contribution in [3.8, 4) is 5.75 Å². The van der Waals surface area contributed by atoms with E-state index in [0.717, 1.165) is 31.0 Å². The van der Waals surface area contributed by atoms with Gasteiger partial charge in [-0.3, -0.25) is 4.79 Å². The van der Waals surface area contributed by atoms with Crippen LogP contribution in [-0.2, 0) is 4.79 Å². The quantitative estimate of drug-likeness (QED) is 0.808. The fourth-order valence-corrected chi connectivity index (χ4v) is 3.39. The predicted molar refractivity (Wildman–Crippen MR) is 84.7 cm³/mol. The highest BCUT2D eigenvalue weighted by molar-refractivity contribution is 9.09. The van der Waals surface area contributed by atoms with Crippen LogP contribution < -0.4 is 10.1 Å². The third-order valence-electron chi connectivity index (χ3n) is 3.68. The summed E-state index contributed by atoms with van der Waals surface area (Å²) in [6, 6.07) is 7.09. The Hall–Kier alpha value is -0.740. The van der Waals surface area contributed by atoms with Gasteiger partial charge in [-0.1, -0.05) is 46.4 Å². The lowest BCUT2D eigenvalue weighted by Crippen LogP contribution is -2.51. The Balaban J connectivity index is 1.95. The smallest absolute Gasteiger partial charge is 0.261 e. The first-order valence-corrected chi connectivity index (χ1v) is 8.35. The summed E-state index contributed by atoms with van der Waals surface area (Å²) in [6.45, 7) is 1.76. The monoisotopic (exact) mass is 359 g/mol. The average molecular weight is 361 g/mol. The van der Waals surface area contributed by atoms with Gasteiger partial charge in [0, 0.05) is 15.9 Å². The van der Waals surface area contributed by atoms with E-state index in [-0.39, 0.29) is 11.4 Å². The van der Waals surface area contributed by atoms with Crippen molar-refractivity contribution < 1.29 is 9.53 Å². The maximum Gasteiger partial charge on any atom is 0.261 e. The number of rotatable bonds is 5. The molecule has 110 valence electrons. The van der Waals surface area contributed by atoms with E-state index >= 15 is 0 Å². The second-order valence-electron chi connectivity index (χ2n) is 5.33. The number of nitrogens with one attached hydrogen (secondary N) is 1. The average Bonchev–Trinajstić information content (AvgIpc) is 2.88. The van der Waals surface area contributed by atoms with Gasteiger partial charge < -0.3 is 10.1 Å². The van der Waals surface area contributed by atoms with Gasteiger partial charge in [-0.2, -0.15) is 0 Å². The summed E-state index contributed by atoms with van der Waals surface area (Å²) < 4.78 is 5.64. The standard InChI is InChI=1S/C15H19BrClNO2/c1-11(20-13-6-4-5-12(17)9-13)14(19)18-15(10-16)7-2-3-8-15/h4-6,9,11H,2-3,7-8,10H2,1H3,(H,18,19). The van der Waals surface area contributed by atoms with Crippen LogP contribution in [0.3, 0.4) is 0 Å². The molecule has 0 bridgehead atoms. The van der Waals surface area contributed by atoms with E-state index in [0.29, 0.717) is 10.8 Å². The minimum Gasteiger partial charge on any atom is -0.481 e. The van der Waals surface area contributed by atoms with Gasteiger partial charge in [-0.05, 0) is 38.0 Å². The van der Waals surface area contributed by atoms with E-state index in [9.17, 15) is 4.79 Å². The lowest BCUT2D eigenvalue weighted by atomic mass is 10.0. The number of amides is 1. The molecule has 1 aromatic rings. The number of hydrogen-bond donors (Lipinski definition) is 1. The van der Waals surface area contributed by atoms with Crippen LogP contribution in [0.15, 0.2) is 24.3 Å². The van der Waals surface area contributed by atoms with Gasteiger partial charge in [-0.25, -0.2) is 0 Å². The van der Waals surface area contributed by atoms with Gasteiger partial charge in [-0.15, -0.1) is 0 Å². The Labute approximate surface area is 133 Å². The molecule has 3 nitrogen and oxygen atoms in total. The van der Waals surface area contributed by atoms with E-state index in [4.69, 9.17) is 16.3 Å². The predicted octanol–water partition coefficient (Wildman–Crippen LogP) is 3.93. The Morgan fingerprint density at radius 3 is 2.80 bits per heavy atom. The van der Waals surface area contributed by atoms with Crippen LogP contribution >= 0.6 is 27.5 Å². The molecule has 0 aromatic heterocycles. The molecule has 0 spiro atoms. The second kappa shape index (κ2) is 6.81. The molecule has 1 amide bonds. The fourth-order valence-electron chi connectivity index (χ4n) is 2.50. The van der Waals surface area contributed by atoms with Crippen molar-refractivity contribution in [2.24, 2.45) is 0 Å². The minimum atomic E-state index is -0.537. The molecular weight excluding hydrogens is 342 g/mol. The minimum absolute atomic E-state index is 0.0775. The molecule has 1 aliphatic rings. The molecule has 0 saturated heterocycles. The van der Waals surface area contributed by atoms with Gasteiger partial charge in [0.25, 0.3) is 5.91 Å². The van der Waals surface area contributed by atoms with Crippen LogP contribution in [0.5, 0.6) is 5.75 Å². The van der Waals surface area contributed by atoms with Gasteiger partial charge in [0.1, 0.15) is 5.75 Å². The van der Waals surface area contributed by atoms with E-state index < -0.39 is 6.10 Å². The third-order valence-corrected chi connectivity index (χ3v) is 4.99. The molecule has 2 rings (SSSR count). The topological polar surface area (TPSA) is 38.3 Å². The number of ether oxygens (including phenoxy) is 1. The molecule has 5 heteroatoms. The Morgan fingerprint density at radius 2 is 2.20 bits per heavy atom. The van der Waals surface area contributed by atoms with Crippen molar-refractivity contribution >= 4 is 33.4 Å². The van der Waals surface area contributed by atoms with E-state index in [2.05, 4.69) is 21.2 Å². The maximum atomic E-state index is 12.3. The summed E-state index contributed by atoms with van der Waals surface area (Å²) in [5, 5.41) is 4.52. The molecule has 1 aliphatic carbocycles. The number of carbonyl (C=O) groups is 1. The van der Waals surface area contributed by atoms with Crippen LogP contribution in [0, 0.1) is 0 Å². The highest BCUT2D eigenvalue weighted by atomic mass is 79.9. The molecule has 20 heavy (non-hydrogen) atoms. The second-order valence-corrected chi connectivity index (χ2v) is 6.32. The highest BCUT2D eigenvalue weighted by Crippen LogP contribution is 2.31. The van der Waals surface area contributed by atoms with E-state index in [1.165, 1.54) is 0 Å². The number of halogens is 2. The summed E-state index contributed by atoms with van der Waals surface area (Å²) in [5.74, 6) is 0.533. The highest BCUT2D eigenvalue weighted by Gasteiger charge is 2.35. The number of alkyl halides is 1. The van der Waals surface area contributed by atoms with Crippen LogP contribution in [0.4, 0.5) is 0 Å². The molecule has 1 fully saturated rings. The summed E-state index contributed by atoms with van der Waals surface area (Å²) in [5.41, 5.74) is -0.108. The van der Waals surface area contributed by atoms with Crippen LogP contribution in [0.1, 0.15) is 32.6 Å². The SMILES string of the molecule is CC(Oc1cccc(Cl)c1)C(=O)NC1(CBr)CCCC1. The Kier molecular flexibility index (Phi) is 5.33. The lowest BCUT2D eigenvalue weighted by Gasteiger charge is -2.29. The third kappa shape index (κ3) is 3.89. The normalized spacial score (nSPS) is 18.6. The summed E-state index contributed by atoms with van der Waals surface area (Å²) in [7, 11) is 0. The lowest BCUT2D eigenvalue weighted by molar-refractivity contribution is -0.129. The number of benzene rings is 1. The van der Waals surface area contributed by atoms with Crippen molar-refractivity contribution in [2.75, 3.05) is 5.33 Å². The largest absolute Gasteiger partial charge is 0.481 e. The molecule has 1 unspecified atom stereocenters. The zero-order valence-electron chi connectivity index (χ0n) is 11.5. The molecular formula is C15H19BrClNO2. The molecule has 1 N–H and O–H groups in total. The molecule has 1 aromatic carbocycles. The summed E-state index contributed by atoms with van der Waals surface area (Å²) in [6.07, 6.45) is 3.83. The molecule has 0 heterocycles. The maximum absolute atomic E-state index is 12.3. The molecule has 0 aliphatic heterocycles. The Bertz CT molecular complexity index is 475. The number of carbonyl (C=O) groups excluding carboxylic acids is 1. The van der Waals surface area contributed by atoms with Crippen LogP contribution in [0.25, 0.3) is 0 Å². The van der Waals surface area contributed by atoms with E-state index in [1.807, 2.05) is 0 Å². The van der Waals surface area contributed by atoms with Gasteiger partial charge in [0.05, 0.1) is 0 Å². The van der Waals surface area contributed by atoms with Crippen LogP contribution in [-0.4, -0.2) is 22.9 Å². The van der Waals surface area contributed by atoms with Gasteiger partial charge in [0.2, 0.25) is 0 Å². The van der Waals surface area contributed by atoms with Crippen molar-refractivity contribution in [1.82, 2.24) is 5.32 Å². The summed E-state index contributed by atoms with van der Waals surface area (Å²) in [4.78, 5) is 12.3.